The number of amides is 1. The Morgan fingerprint density at radius 1 is 0.943 bits per heavy atom. The maximum atomic E-state index is 13.4. The molecule has 1 saturated heterocycles. The van der Waals surface area contributed by atoms with Gasteiger partial charge in [-0.15, -0.1) is 0 Å². The molecule has 3 aromatic rings. The van der Waals surface area contributed by atoms with Crippen LogP contribution in [0.25, 0.3) is 11.1 Å². The summed E-state index contributed by atoms with van der Waals surface area (Å²) in [7, 11) is 3.78. The van der Waals surface area contributed by atoms with E-state index in [0.29, 0.717) is 15.2 Å². The first-order valence-electron chi connectivity index (χ1n) is 11.7. The van der Waals surface area contributed by atoms with E-state index in [1.54, 1.807) is 18.3 Å². The lowest BCUT2D eigenvalue weighted by molar-refractivity contribution is -0.131. The number of nitrogens with zero attached hydrogens (tertiary/aromatic N) is 4. The first-order chi connectivity index (χ1) is 16.8. The smallest absolute Gasteiger partial charge is 0.242 e. The summed E-state index contributed by atoms with van der Waals surface area (Å²) in [6.07, 6.45) is 4.11. The second-order valence-electron chi connectivity index (χ2n) is 8.97. The van der Waals surface area contributed by atoms with Crippen LogP contribution in [0.4, 0.5) is 5.69 Å². The zero-order valence-corrected chi connectivity index (χ0v) is 22.2. The number of carbonyl (C=O) groups excluding carboxylic acids is 1. The summed E-state index contributed by atoms with van der Waals surface area (Å²) in [5.41, 5.74) is 4.03. The first kappa shape index (κ1) is 25.8. The third-order valence-electron chi connectivity index (χ3n) is 6.56. The molecule has 184 valence electrons. The molecule has 5 nitrogen and oxygen atoms in total. The number of hydrogen-bond donors (Lipinski definition) is 0. The van der Waals surface area contributed by atoms with Gasteiger partial charge in [-0.05, 0) is 73.0 Å². The molecule has 0 saturated carbocycles. The number of rotatable bonds is 8. The molecule has 8 heteroatoms. The fourth-order valence-corrected chi connectivity index (χ4v) is 4.91. The zero-order valence-electron chi connectivity index (χ0n) is 19.9. The number of anilines is 1. The van der Waals surface area contributed by atoms with E-state index in [4.69, 9.17) is 34.8 Å². The highest BCUT2D eigenvalue weighted by Gasteiger charge is 2.26. The van der Waals surface area contributed by atoms with Crippen molar-refractivity contribution in [2.75, 3.05) is 45.2 Å². The molecule has 4 rings (SSSR count). The van der Waals surface area contributed by atoms with E-state index in [2.05, 4.69) is 34.1 Å². The van der Waals surface area contributed by atoms with Crippen LogP contribution in [0.3, 0.4) is 0 Å². The Kier molecular flexibility index (Phi) is 8.55. The van der Waals surface area contributed by atoms with Crippen molar-refractivity contribution in [3.8, 4) is 11.1 Å². The van der Waals surface area contributed by atoms with Crippen LogP contribution in [0.2, 0.25) is 15.2 Å². The molecule has 1 aliphatic heterocycles. The molecule has 1 atom stereocenters. The van der Waals surface area contributed by atoms with Gasteiger partial charge in [0.2, 0.25) is 5.91 Å². The van der Waals surface area contributed by atoms with Gasteiger partial charge in [0.1, 0.15) is 5.15 Å². The summed E-state index contributed by atoms with van der Waals surface area (Å²) in [6, 6.07) is 17.5. The molecule has 0 N–H and O–H groups in total. The van der Waals surface area contributed by atoms with Crippen molar-refractivity contribution in [3.63, 3.8) is 0 Å². The van der Waals surface area contributed by atoms with Crippen LogP contribution in [0.1, 0.15) is 24.4 Å². The van der Waals surface area contributed by atoms with Crippen molar-refractivity contribution in [2.24, 2.45) is 0 Å². The van der Waals surface area contributed by atoms with Gasteiger partial charge >= 0.3 is 0 Å². The van der Waals surface area contributed by atoms with Gasteiger partial charge in [0.25, 0.3) is 0 Å². The van der Waals surface area contributed by atoms with E-state index in [-0.39, 0.29) is 18.5 Å². The number of halogens is 3. The quantitative estimate of drug-likeness (QED) is 0.314. The number of aromatic nitrogens is 1. The number of likely N-dealkylation sites (tertiary alicyclic amines) is 1. The molecule has 1 fully saturated rings. The summed E-state index contributed by atoms with van der Waals surface area (Å²) in [6.45, 7) is 3.17. The van der Waals surface area contributed by atoms with Gasteiger partial charge in [0, 0.05) is 32.5 Å². The fourth-order valence-electron chi connectivity index (χ4n) is 4.44. The predicted octanol–water partition coefficient (Wildman–Crippen LogP) is 6.44. The number of pyridine rings is 1. The van der Waals surface area contributed by atoms with Crippen molar-refractivity contribution in [3.05, 3.63) is 81.6 Å². The van der Waals surface area contributed by atoms with E-state index in [9.17, 15) is 4.79 Å². The van der Waals surface area contributed by atoms with Crippen LogP contribution >= 0.6 is 34.8 Å². The molecule has 2 aromatic carbocycles. The predicted molar refractivity (Wildman–Crippen MR) is 146 cm³/mol. The summed E-state index contributed by atoms with van der Waals surface area (Å²) in [5, 5.41) is 1.43. The maximum Gasteiger partial charge on any atom is 0.242 e. The highest BCUT2D eigenvalue weighted by molar-refractivity contribution is 6.42. The topological polar surface area (TPSA) is 39.7 Å². The highest BCUT2D eigenvalue weighted by atomic mass is 35.5. The number of hydrogen-bond acceptors (Lipinski definition) is 4. The van der Waals surface area contributed by atoms with Gasteiger partial charge in [-0.1, -0.05) is 59.1 Å². The molecule has 35 heavy (non-hydrogen) atoms. The second kappa shape index (κ2) is 11.6. The molecular formula is C27H29Cl3N4O. The van der Waals surface area contributed by atoms with Crippen molar-refractivity contribution >= 4 is 46.4 Å². The summed E-state index contributed by atoms with van der Waals surface area (Å²) in [4.78, 5) is 23.6. The summed E-state index contributed by atoms with van der Waals surface area (Å²) in [5.74, 6) is 0.0350. The average molecular weight is 532 g/mol. The van der Waals surface area contributed by atoms with Gasteiger partial charge in [0.05, 0.1) is 22.6 Å². The molecule has 1 amide bonds. The Balaban J connectivity index is 1.53. The third kappa shape index (κ3) is 6.47. The van der Waals surface area contributed by atoms with Crippen LogP contribution in [0.15, 0.2) is 60.8 Å². The van der Waals surface area contributed by atoms with Crippen LogP contribution in [0, 0.1) is 0 Å². The lowest BCUT2D eigenvalue weighted by Crippen LogP contribution is -2.42. The van der Waals surface area contributed by atoms with Gasteiger partial charge in [0.15, 0.2) is 0 Å². The third-order valence-corrected chi connectivity index (χ3v) is 7.51. The van der Waals surface area contributed by atoms with Gasteiger partial charge < -0.3 is 14.7 Å². The Labute approximate surface area is 222 Å². The van der Waals surface area contributed by atoms with Crippen molar-refractivity contribution in [1.29, 1.82) is 0 Å². The molecule has 0 bridgehead atoms. The minimum atomic E-state index is -0.0575. The summed E-state index contributed by atoms with van der Waals surface area (Å²) >= 11 is 18.3. The first-order valence-corrected chi connectivity index (χ1v) is 12.8. The van der Waals surface area contributed by atoms with Crippen molar-refractivity contribution in [2.45, 2.75) is 18.9 Å². The molecule has 2 heterocycles. The Morgan fingerprint density at radius 2 is 1.66 bits per heavy atom. The van der Waals surface area contributed by atoms with Gasteiger partial charge in [-0.2, -0.15) is 0 Å². The highest BCUT2D eigenvalue weighted by Crippen LogP contribution is 2.29. The molecular weight excluding hydrogens is 503 g/mol. The van der Waals surface area contributed by atoms with Crippen LogP contribution in [0.5, 0.6) is 0 Å². The van der Waals surface area contributed by atoms with Gasteiger partial charge in [-0.25, -0.2) is 4.98 Å². The lowest BCUT2D eigenvalue weighted by atomic mass is 10.00. The Hall–Kier alpha value is -2.31. The zero-order chi connectivity index (χ0) is 24.9. The molecule has 0 radical (unpaired) electrons. The lowest BCUT2D eigenvalue weighted by Gasteiger charge is -2.33. The standard InChI is InChI=1S/C27H29Cl3N4O/c1-32(22-9-10-23(28)24(29)16-22)18-27(35)33(2)25(17-34-13-3-4-14-34)20-7-5-19(6-8-20)21-11-12-31-26(30)15-21/h5-12,15-16,25H,3-4,13-14,17-18H2,1-2H3. The maximum absolute atomic E-state index is 13.4. The SMILES string of the molecule is CN(CC(=O)N(C)C(CN1CCCC1)c1ccc(-c2ccnc(Cl)c2)cc1)c1ccc(Cl)c(Cl)c1. The summed E-state index contributed by atoms with van der Waals surface area (Å²) < 4.78 is 0. The van der Waals surface area contributed by atoms with E-state index < -0.39 is 0 Å². The molecule has 0 spiro atoms. The van der Waals surface area contributed by atoms with E-state index in [0.717, 1.165) is 42.0 Å². The molecule has 1 unspecified atom stereocenters. The number of likely N-dealkylation sites (N-methyl/N-ethyl adjacent to an activating group) is 2. The van der Waals surface area contributed by atoms with Crippen molar-refractivity contribution in [1.82, 2.24) is 14.8 Å². The van der Waals surface area contributed by atoms with Crippen molar-refractivity contribution < 1.29 is 4.79 Å². The Bertz CT molecular complexity index is 1170. The molecule has 0 aliphatic carbocycles. The molecule has 1 aliphatic rings. The number of benzene rings is 2. The van der Waals surface area contributed by atoms with Crippen LogP contribution in [-0.4, -0.2) is 61.0 Å². The minimum Gasteiger partial charge on any atom is -0.365 e. The van der Waals surface area contributed by atoms with Gasteiger partial charge in [-0.3, -0.25) is 4.79 Å². The normalized spacial score (nSPS) is 14.7. The monoisotopic (exact) mass is 530 g/mol. The Morgan fingerprint density at radius 3 is 2.31 bits per heavy atom. The minimum absolute atomic E-state index is 0.0350. The number of carbonyl (C=O) groups is 1. The largest absolute Gasteiger partial charge is 0.365 e. The fraction of sp³-hybridized carbons (Fsp3) is 0.333. The van der Waals surface area contributed by atoms with E-state index in [1.165, 1.54) is 12.8 Å². The molecule has 1 aromatic heterocycles. The van der Waals surface area contributed by atoms with Crippen LogP contribution in [-0.2, 0) is 4.79 Å². The average Bonchev–Trinajstić information content (AvgIpc) is 3.37. The second-order valence-corrected chi connectivity index (χ2v) is 10.2. The van der Waals surface area contributed by atoms with Crippen LogP contribution < -0.4 is 4.90 Å². The van der Waals surface area contributed by atoms with E-state index >= 15 is 0 Å². The van der Waals surface area contributed by atoms with E-state index in [1.807, 2.05) is 42.1 Å².